The number of nitrogens with zero attached hydrogens (tertiary/aromatic N) is 2. The van der Waals surface area contributed by atoms with Crippen LogP contribution in [0.15, 0.2) is 18.2 Å². The highest BCUT2D eigenvalue weighted by atomic mass is 19.4. The minimum absolute atomic E-state index is 0.404. The third-order valence-electron chi connectivity index (χ3n) is 3.45. The molecule has 1 aromatic rings. The molecule has 0 aromatic heterocycles. The third-order valence-corrected chi connectivity index (χ3v) is 3.45. The van der Waals surface area contributed by atoms with E-state index < -0.39 is 47.0 Å². The second kappa shape index (κ2) is 4.91. The van der Waals surface area contributed by atoms with Crippen LogP contribution in [0.3, 0.4) is 0 Å². The van der Waals surface area contributed by atoms with Crippen molar-refractivity contribution in [1.29, 1.82) is 5.26 Å². The molecule has 0 radical (unpaired) electrons. The van der Waals surface area contributed by atoms with E-state index in [-0.39, 0.29) is 0 Å². The average molecular weight is 320 g/mol. The van der Waals surface area contributed by atoms with Crippen molar-refractivity contribution in [2.75, 3.05) is 4.90 Å². The summed E-state index contributed by atoms with van der Waals surface area (Å²) in [4.78, 5) is 12.0. The van der Waals surface area contributed by atoms with Crippen molar-refractivity contribution in [3.8, 4) is 6.07 Å². The number of aliphatic hydroxyl groups is 1. The zero-order valence-electron chi connectivity index (χ0n) is 11.0. The number of nitriles is 1. The predicted molar refractivity (Wildman–Crippen MR) is 64.1 cm³/mol. The predicted octanol–water partition coefficient (Wildman–Crippen LogP) is 2.31. The molecule has 1 heterocycles. The molecule has 9 heteroatoms. The Morgan fingerprint density at radius 1 is 1.36 bits per heavy atom. The Kier molecular flexibility index (Phi) is 3.61. The molecule has 1 aliphatic heterocycles. The van der Waals surface area contributed by atoms with Gasteiger partial charge in [0, 0.05) is 5.69 Å². The van der Waals surface area contributed by atoms with Crippen molar-refractivity contribution in [2.24, 2.45) is 0 Å². The molecule has 1 aliphatic rings. The number of alkyl halides is 5. The van der Waals surface area contributed by atoms with Gasteiger partial charge in [-0.1, -0.05) is 0 Å². The Labute approximate surface area is 121 Å². The number of hydrogen-bond acceptors (Lipinski definition) is 3. The molecule has 2 unspecified atom stereocenters. The molecule has 0 bridgehead atoms. The van der Waals surface area contributed by atoms with Gasteiger partial charge in [-0.3, -0.25) is 4.79 Å². The summed E-state index contributed by atoms with van der Waals surface area (Å²) in [7, 11) is 0. The first-order valence-corrected chi connectivity index (χ1v) is 6.02. The number of rotatable bonds is 1. The van der Waals surface area contributed by atoms with E-state index in [1.54, 1.807) is 0 Å². The number of halogens is 5. The molecule has 1 N–H and O–H groups in total. The molecule has 2 rings (SSSR count). The first-order valence-electron chi connectivity index (χ1n) is 6.02. The van der Waals surface area contributed by atoms with Gasteiger partial charge in [0.2, 0.25) is 0 Å². The first-order chi connectivity index (χ1) is 10.0. The van der Waals surface area contributed by atoms with Gasteiger partial charge >= 0.3 is 18.0 Å². The maximum absolute atomic E-state index is 13.5. The van der Waals surface area contributed by atoms with Gasteiger partial charge in [-0.15, -0.1) is 0 Å². The Balaban J connectivity index is 2.56. The lowest BCUT2D eigenvalue weighted by molar-refractivity contribution is -0.149. The second-order valence-electron chi connectivity index (χ2n) is 4.82. The lowest BCUT2D eigenvalue weighted by atomic mass is 10.1. The molecule has 1 aromatic carbocycles. The van der Waals surface area contributed by atoms with E-state index in [2.05, 4.69) is 0 Å². The molecule has 1 fully saturated rings. The largest absolute Gasteiger partial charge is 0.417 e. The van der Waals surface area contributed by atoms with Crippen LogP contribution in [0.25, 0.3) is 0 Å². The lowest BCUT2D eigenvalue weighted by Crippen LogP contribution is -2.37. The zero-order valence-corrected chi connectivity index (χ0v) is 11.0. The summed E-state index contributed by atoms with van der Waals surface area (Å²) in [5.41, 5.74) is -2.49. The quantitative estimate of drug-likeness (QED) is 0.808. The Morgan fingerprint density at radius 2 is 1.95 bits per heavy atom. The number of aliphatic hydroxyl groups excluding tert-OH is 1. The van der Waals surface area contributed by atoms with Crippen LogP contribution >= 0.6 is 0 Å². The molecule has 118 valence electrons. The molecule has 0 saturated carbocycles. The summed E-state index contributed by atoms with van der Waals surface area (Å²) in [6, 6.07) is 2.13. The standard InChI is InChI=1S/C13H9F5N2O2/c1-6-10(21)12(14,15)11(22)20(6)8-3-2-7(5-19)9(4-8)13(16,17)18/h2-4,6,10,21H,1H3. The van der Waals surface area contributed by atoms with Crippen LogP contribution in [0.2, 0.25) is 0 Å². The highest BCUT2D eigenvalue weighted by Crippen LogP contribution is 2.40. The van der Waals surface area contributed by atoms with Gasteiger partial charge in [-0.05, 0) is 25.1 Å². The average Bonchev–Trinajstić information content (AvgIpc) is 2.58. The minimum Gasteiger partial charge on any atom is -0.384 e. The normalized spacial score (nSPS) is 24.5. The molecule has 1 amide bonds. The first kappa shape index (κ1) is 16.2. The third kappa shape index (κ3) is 2.29. The van der Waals surface area contributed by atoms with Crippen LogP contribution in [-0.4, -0.2) is 29.1 Å². The van der Waals surface area contributed by atoms with Gasteiger partial charge in [-0.25, -0.2) is 0 Å². The number of amides is 1. The van der Waals surface area contributed by atoms with Crippen LogP contribution in [0.1, 0.15) is 18.1 Å². The van der Waals surface area contributed by atoms with Crippen LogP contribution in [0.4, 0.5) is 27.6 Å². The van der Waals surface area contributed by atoms with Gasteiger partial charge in [0.05, 0.1) is 23.2 Å². The Bertz CT molecular complexity index is 665. The maximum atomic E-state index is 13.5. The Hall–Kier alpha value is -2.21. The number of carbonyl (C=O) groups is 1. The van der Waals surface area contributed by atoms with Crippen molar-refractivity contribution < 1.29 is 31.9 Å². The molecule has 2 atom stereocenters. The van der Waals surface area contributed by atoms with Crippen LogP contribution < -0.4 is 4.90 Å². The topological polar surface area (TPSA) is 64.3 Å². The SMILES string of the molecule is CC1C(O)C(F)(F)C(=O)N1c1ccc(C#N)c(C(F)(F)F)c1. The van der Waals surface area contributed by atoms with Crippen molar-refractivity contribution in [3.63, 3.8) is 0 Å². The fraction of sp³-hybridized carbons (Fsp3) is 0.385. The highest BCUT2D eigenvalue weighted by molar-refractivity contribution is 6.02. The molecule has 0 aliphatic carbocycles. The summed E-state index contributed by atoms with van der Waals surface area (Å²) in [6.45, 7) is 1.09. The van der Waals surface area contributed by atoms with Gasteiger partial charge in [0.15, 0.2) is 0 Å². The van der Waals surface area contributed by atoms with Crippen LogP contribution in [0, 0.1) is 11.3 Å². The maximum Gasteiger partial charge on any atom is 0.417 e. The van der Waals surface area contributed by atoms with E-state index in [0.29, 0.717) is 11.0 Å². The van der Waals surface area contributed by atoms with Gasteiger partial charge in [-0.2, -0.15) is 27.2 Å². The monoisotopic (exact) mass is 320 g/mol. The summed E-state index contributed by atoms with van der Waals surface area (Å²) in [6.07, 6.45) is -7.21. The van der Waals surface area contributed by atoms with E-state index in [1.807, 2.05) is 0 Å². The molecule has 22 heavy (non-hydrogen) atoms. The van der Waals surface area contributed by atoms with E-state index >= 15 is 0 Å². The molecule has 1 saturated heterocycles. The van der Waals surface area contributed by atoms with E-state index in [4.69, 9.17) is 5.26 Å². The second-order valence-corrected chi connectivity index (χ2v) is 4.82. The summed E-state index contributed by atoms with van der Waals surface area (Å²) in [5, 5.41) is 18.0. The lowest BCUT2D eigenvalue weighted by Gasteiger charge is -2.23. The van der Waals surface area contributed by atoms with E-state index in [9.17, 15) is 31.9 Å². The zero-order chi connectivity index (χ0) is 16.9. The molecular formula is C13H9F5N2O2. The minimum atomic E-state index is -4.88. The number of hydrogen-bond donors (Lipinski definition) is 1. The fourth-order valence-electron chi connectivity index (χ4n) is 2.28. The molecule has 0 spiro atoms. The fourth-order valence-corrected chi connectivity index (χ4v) is 2.28. The smallest absolute Gasteiger partial charge is 0.384 e. The summed E-state index contributed by atoms with van der Waals surface area (Å²) in [5.74, 6) is -5.86. The molecule has 4 nitrogen and oxygen atoms in total. The van der Waals surface area contributed by atoms with Crippen LogP contribution in [0.5, 0.6) is 0 Å². The number of benzene rings is 1. The summed E-state index contributed by atoms with van der Waals surface area (Å²) >= 11 is 0. The summed E-state index contributed by atoms with van der Waals surface area (Å²) < 4.78 is 65.6. The number of carbonyl (C=O) groups excluding carboxylic acids is 1. The van der Waals surface area contributed by atoms with Crippen molar-refractivity contribution in [2.45, 2.75) is 31.2 Å². The Morgan fingerprint density at radius 3 is 2.36 bits per heavy atom. The highest BCUT2D eigenvalue weighted by Gasteiger charge is 2.60. The van der Waals surface area contributed by atoms with E-state index in [0.717, 1.165) is 19.1 Å². The van der Waals surface area contributed by atoms with Gasteiger partial charge in [0.25, 0.3) is 0 Å². The van der Waals surface area contributed by atoms with Crippen molar-refractivity contribution >= 4 is 11.6 Å². The van der Waals surface area contributed by atoms with Crippen molar-refractivity contribution in [3.05, 3.63) is 29.3 Å². The van der Waals surface area contributed by atoms with Gasteiger partial charge in [0.1, 0.15) is 6.10 Å². The van der Waals surface area contributed by atoms with Crippen molar-refractivity contribution in [1.82, 2.24) is 0 Å². The van der Waals surface area contributed by atoms with E-state index in [1.165, 1.54) is 6.07 Å². The van der Waals surface area contributed by atoms with Gasteiger partial charge < -0.3 is 10.0 Å². The number of anilines is 1. The molecular weight excluding hydrogens is 311 g/mol. The van der Waals surface area contributed by atoms with Crippen LogP contribution in [-0.2, 0) is 11.0 Å².